The van der Waals surface area contributed by atoms with Crippen LogP contribution < -0.4 is 4.74 Å². The van der Waals surface area contributed by atoms with Crippen molar-refractivity contribution in [3.63, 3.8) is 0 Å². The Morgan fingerprint density at radius 1 is 0.968 bits per heavy atom. The highest BCUT2D eigenvalue weighted by Gasteiger charge is 2.29. The topological polar surface area (TPSA) is 49.8 Å². The van der Waals surface area contributed by atoms with E-state index < -0.39 is 6.10 Å². The number of aliphatic hydroxyl groups is 1. The largest absolute Gasteiger partial charge is 0.488 e. The van der Waals surface area contributed by atoms with E-state index in [1.54, 1.807) is 0 Å². The molecule has 31 heavy (non-hydrogen) atoms. The Balaban J connectivity index is 1.40. The first-order valence-electron chi connectivity index (χ1n) is 10.6. The average Bonchev–Trinajstić information content (AvgIpc) is 2.83. The van der Waals surface area contributed by atoms with Gasteiger partial charge >= 0.3 is 0 Å². The lowest BCUT2D eigenvalue weighted by Crippen LogP contribution is -2.39. The molecule has 0 spiro atoms. The first-order chi connectivity index (χ1) is 15.1. The summed E-state index contributed by atoms with van der Waals surface area (Å²) >= 11 is 3.54. The zero-order chi connectivity index (χ0) is 21.6. The number of aliphatic hydroxyl groups excluding tert-OH is 1. The van der Waals surface area contributed by atoms with Gasteiger partial charge in [-0.25, -0.2) is 0 Å². The molecule has 1 saturated heterocycles. The summed E-state index contributed by atoms with van der Waals surface area (Å²) in [5, 5.41) is 10.7. The Morgan fingerprint density at radius 3 is 2.35 bits per heavy atom. The number of amides is 1. The van der Waals surface area contributed by atoms with Crippen molar-refractivity contribution in [2.75, 3.05) is 13.1 Å². The van der Waals surface area contributed by atoms with E-state index in [1.165, 1.54) is 0 Å². The molecule has 1 heterocycles. The van der Waals surface area contributed by atoms with Crippen molar-refractivity contribution in [2.24, 2.45) is 5.92 Å². The smallest absolute Gasteiger partial charge is 0.257 e. The SMILES string of the molecule is O=C(c1ccccc1OCc1ccccc1Br)N1CCC(C(O)c2ccccc2)CC1. The van der Waals surface area contributed by atoms with Crippen LogP contribution in [-0.2, 0) is 6.61 Å². The van der Waals surface area contributed by atoms with Crippen molar-refractivity contribution >= 4 is 21.8 Å². The number of likely N-dealkylation sites (tertiary alicyclic amines) is 1. The zero-order valence-electron chi connectivity index (χ0n) is 17.3. The highest BCUT2D eigenvalue weighted by Crippen LogP contribution is 2.32. The van der Waals surface area contributed by atoms with Gasteiger partial charge in [-0.3, -0.25) is 4.79 Å². The maximum Gasteiger partial charge on any atom is 0.257 e. The maximum atomic E-state index is 13.2. The fraction of sp³-hybridized carbons (Fsp3) is 0.269. The molecule has 160 valence electrons. The maximum absolute atomic E-state index is 13.2. The number of halogens is 1. The van der Waals surface area contributed by atoms with Crippen LogP contribution in [0.1, 0.15) is 40.4 Å². The molecule has 1 atom stereocenters. The van der Waals surface area contributed by atoms with Gasteiger partial charge in [-0.15, -0.1) is 0 Å². The number of ether oxygens (including phenoxy) is 1. The lowest BCUT2D eigenvalue weighted by Gasteiger charge is -2.34. The second-order valence-electron chi connectivity index (χ2n) is 7.86. The van der Waals surface area contributed by atoms with E-state index >= 15 is 0 Å². The first kappa shape index (κ1) is 21.6. The van der Waals surface area contributed by atoms with Crippen molar-refractivity contribution in [1.29, 1.82) is 0 Å². The van der Waals surface area contributed by atoms with E-state index in [1.807, 2.05) is 83.8 Å². The molecule has 3 aromatic rings. The van der Waals surface area contributed by atoms with Crippen LogP contribution in [-0.4, -0.2) is 29.0 Å². The molecule has 1 aliphatic heterocycles. The van der Waals surface area contributed by atoms with Gasteiger partial charge < -0.3 is 14.7 Å². The van der Waals surface area contributed by atoms with Gasteiger partial charge in [0, 0.05) is 23.1 Å². The summed E-state index contributed by atoms with van der Waals surface area (Å²) in [6.07, 6.45) is 1.07. The summed E-state index contributed by atoms with van der Waals surface area (Å²) in [6.45, 7) is 1.65. The second kappa shape index (κ2) is 10.1. The van der Waals surface area contributed by atoms with Crippen LogP contribution in [0.25, 0.3) is 0 Å². The Hall–Kier alpha value is -2.63. The number of hydrogen-bond donors (Lipinski definition) is 1. The predicted octanol–water partition coefficient (Wildman–Crippen LogP) is 5.61. The highest BCUT2D eigenvalue weighted by atomic mass is 79.9. The molecule has 1 aliphatic rings. The molecule has 1 fully saturated rings. The molecule has 3 aromatic carbocycles. The van der Waals surface area contributed by atoms with E-state index in [2.05, 4.69) is 15.9 Å². The molecule has 0 aliphatic carbocycles. The number of carbonyl (C=O) groups is 1. The molecule has 4 nitrogen and oxygen atoms in total. The lowest BCUT2D eigenvalue weighted by atomic mass is 9.87. The van der Waals surface area contributed by atoms with Crippen LogP contribution in [0.4, 0.5) is 0 Å². The van der Waals surface area contributed by atoms with Gasteiger partial charge in [0.25, 0.3) is 5.91 Å². The van der Waals surface area contributed by atoms with Gasteiger partial charge in [-0.05, 0) is 42.5 Å². The standard InChI is InChI=1S/C26H26BrNO3/c27-23-12-6-4-10-21(23)18-31-24-13-7-5-11-22(24)26(30)28-16-14-20(15-17-28)25(29)19-8-2-1-3-9-19/h1-13,20,25,29H,14-18H2. The molecule has 0 radical (unpaired) electrons. The zero-order valence-corrected chi connectivity index (χ0v) is 18.9. The number of carbonyl (C=O) groups excluding carboxylic acids is 1. The van der Waals surface area contributed by atoms with Crippen molar-refractivity contribution in [3.8, 4) is 5.75 Å². The van der Waals surface area contributed by atoms with Gasteiger partial charge in [0.05, 0.1) is 11.7 Å². The fourth-order valence-corrected chi connectivity index (χ4v) is 4.45. The summed E-state index contributed by atoms with van der Waals surface area (Å²) in [4.78, 5) is 15.1. The van der Waals surface area contributed by atoms with Gasteiger partial charge in [0.2, 0.25) is 0 Å². The van der Waals surface area contributed by atoms with E-state index in [0.717, 1.165) is 28.4 Å². The second-order valence-corrected chi connectivity index (χ2v) is 8.72. The molecular formula is C26H26BrNO3. The van der Waals surface area contributed by atoms with Crippen molar-refractivity contribution in [2.45, 2.75) is 25.6 Å². The van der Waals surface area contributed by atoms with E-state index in [9.17, 15) is 9.90 Å². The normalized spacial score (nSPS) is 15.5. The predicted molar refractivity (Wildman–Crippen MR) is 125 cm³/mol. The minimum atomic E-state index is -0.488. The Morgan fingerprint density at radius 2 is 1.61 bits per heavy atom. The molecule has 1 amide bonds. The number of rotatable bonds is 6. The lowest BCUT2D eigenvalue weighted by molar-refractivity contribution is 0.0459. The average molecular weight is 480 g/mol. The third-order valence-corrected chi connectivity index (χ3v) is 6.65. The summed E-state index contributed by atoms with van der Waals surface area (Å²) in [5.74, 6) is 0.735. The van der Waals surface area contributed by atoms with Gasteiger partial charge in [-0.1, -0.05) is 76.6 Å². The van der Waals surface area contributed by atoms with Gasteiger partial charge in [-0.2, -0.15) is 0 Å². The first-order valence-corrected chi connectivity index (χ1v) is 11.4. The fourth-order valence-electron chi connectivity index (χ4n) is 4.05. The molecule has 0 bridgehead atoms. The minimum absolute atomic E-state index is 0.0182. The molecule has 1 N–H and O–H groups in total. The van der Waals surface area contributed by atoms with Crippen LogP contribution in [0, 0.1) is 5.92 Å². The third kappa shape index (κ3) is 5.17. The summed E-state index contributed by atoms with van der Waals surface area (Å²) in [5.41, 5.74) is 2.55. The Kier molecular flexibility index (Phi) is 7.05. The van der Waals surface area contributed by atoms with Gasteiger partial charge in [0.1, 0.15) is 12.4 Å². The monoisotopic (exact) mass is 479 g/mol. The number of hydrogen-bond acceptors (Lipinski definition) is 3. The quantitative estimate of drug-likeness (QED) is 0.499. The minimum Gasteiger partial charge on any atom is -0.488 e. The van der Waals surface area contributed by atoms with Crippen molar-refractivity contribution in [3.05, 3.63) is 100 Å². The summed E-state index contributed by atoms with van der Waals surface area (Å²) in [7, 11) is 0. The van der Waals surface area contributed by atoms with Crippen LogP contribution in [0.3, 0.4) is 0 Å². The molecule has 0 aromatic heterocycles. The molecule has 1 unspecified atom stereocenters. The molecule has 4 rings (SSSR count). The van der Waals surface area contributed by atoms with Crippen molar-refractivity contribution in [1.82, 2.24) is 4.90 Å². The number of benzene rings is 3. The highest BCUT2D eigenvalue weighted by molar-refractivity contribution is 9.10. The number of para-hydroxylation sites is 1. The number of piperidine rings is 1. The molecular weight excluding hydrogens is 454 g/mol. The summed E-state index contributed by atoms with van der Waals surface area (Å²) < 4.78 is 7.00. The van der Waals surface area contributed by atoms with Crippen LogP contribution in [0.15, 0.2) is 83.3 Å². The van der Waals surface area contributed by atoms with Crippen LogP contribution in [0.2, 0.25) is 0 Å². The third-order valence-electron chi connectivity index (χ3n) is 5.87. The molecule has 5 heteroatoms. The van der Waals surface area contributed by atoms with Gasteiger partial charge in [0.15, 0.2) is 0 Å². The molecule has 0 saturated carbocycles. The Labute approximate surface area is 191 Å². The van der Waals surface area contributed by atoms with Crippen LogP contribution in [0.5, 0.6) is 5.75 Å². The Bertz CT molecular complexity index is 1020. The van der Waals surface area contributed by atoms with Crippen molar-refractivity contribution < 1.29 is 14.6 Å². The van der Waals surface area contributed by atoms with Crippen LogP contribution >= 0.6 is 15.9 Å². The van der Waals surface area contributed by atoms with E-state index in [0.29, 0.717) is 31.0 Å². The van der Waals surface area contributed by atoms with E-state index in [-0.39, 0.29) is 11.8 Å². The number of nitrogens with zero attached hydrogens (tertiary/aromatic N) is 1. The summed E-state index contributed by atoms with van der Waals surface area (Å²) in [6, 6.07) is 25.1. The van der Waals surface area contributed by atoms with E-state index in [4.69, 9.17) is 4.74 Å².